The molecule has 0 saturated carbocycles. The number of methoxy groups -OCH3 is 1. The lowest BCUT2D eigenvalue weighted by molar-refractivity contribution is -0.161. The SMILES string of the molecule is COCC(CNN1CCN([C@]2(C(=O)O)CN3C(=O)C(CC(=O)/C(=N\OC(C)(C)C(=O)O)c4csc(N)n4)[C@H]3S2)C1=O)CC(=O)c1ccc(O)c(O)c1Cl. The number of halogens is 1. The largest absolute Gasteiger partial charge is 0.504 e. The molecule has 0 radical (unpaired) electrons. The molecule has 3 aliphatic rings. The molecule has 4 heterocycles. The molecule has 3 fully saturated rings. The first-order valence-electron chi connectivity index (χ1n) is 15.9. The topological polar surface area (TPSA) is 275 Å². The van der Waals surface area contributed by atoms with Gasteiger partial charge in [0.15, 0.2) is 33.9 Å². The van der Waals surface area contributed by atoms with E-state index in [4.69, 9.17) is 26.9 Å². The molecule has 5 rings (SSSR count). The van der Waals surface area contributed by atoms with E-state index < -0.39 is 81.0 Å². The Morgan fingerprint density at radius 2 is 1.92 bits per heavy atom. The Hall–Kier alpha value is -4.70. The van der Waals surface area contributed by atoms with E-state index in [1.165, 1.54) is 42.3 Å². The van der Waals surface area contributed by atoms with Crippen LogP contribution in [0, 0.1) is 11.8 Å². The van der Waals surface area contributed by atoms with Crippen molar-refractivity contribution in [2.24, 2.45) is 17.0 Å². The van der Waals surface area contributed by atoms with E-state index in [2.05, 4.69) is 15.6 Å². The molecule has 22 heteroatoms. The van der Waals surface area contributed by atoms with E-state index in [0.29, 0.717) is 0 Å². The summed E-state index contributed by atoms with van der Waals surface area (Å²) in [4.78, 5) is 87.6. The van der Waals surface area contributed by atoms with Crippen molar-refractivity contribution in [2.75, 3.05) is 45.6 Å². The van der Waals surface area contributed by atoms with Crippen molar-refractivity contribution >= 4 is 81.0 Å². The molecule has 3 saturated heterocycles. The number of carboxylic acids is 2. The number of nitrogen functional groups attached to an aromatic ring is 1. The number of aromatic hydroxyl groups is 2. The lowest BCUT2D eigenvalue weighted by Gasteiger charge is -2.40. The maximum Gasteiger partial charge on any atom is 0.350 e. The lowest BCUT2D eigenvalue weighted by atomic mass is 9.90. The van der Waals surface area contributed by atoms with Gasteiger partial charge in [-0.15, -0.1) is 11.3 Å². The van der Waals surface area contributed by atoms with E-state index in [1.54, 1.807) is 0 Å². The summed E-state index contributed by atoms with van der Waals surface area (Å²) in [6.45, 7) is 2.27. The quantitative estimate of drug-likeness (QED) is 0.0434. The minimum atomic E-state index is -1.89. The molecule has 1 aromatic heterocycles. The van der Waals surface area contributed by atoms with E-state index in [0.717, 1.165) is 34.1 Å². The number of aliphatic carboxylic acids is 2. The number of aromatic nitrogens is 1. The summed E-state index contributed by atoms with van der Waals surface area (Å²) >= 11 is 7.91. The minimum Gasteiger partial charge on any atom is -0.504 e. The Labute approximate surface area is 314 Å². The van der Waals surface area contributed by atoms with Crippen LogP contribution in [0.3, 0.4) is 0 Å². The highest BCUT2D eigenvalue weighted by atomic mass is 35.5. The maximum atomic E-state index is 13.7. The third-order valence-corrected chi connectivity index (χ3v) is 11.7. The molecule has 19 nitrogen and oxygen atoms in total. The number of thioether (sulfide) groups is 1. The molecule has 3 amide bonds. The Morgan fingerprint density at radius 3 is 2.55 bits per heavy atom. The Kier molecular flexibility index (Phi) is 11.4. The normalized spacial score (nSPS) is 22.1. The van der Waals surface area contributed by atoms with Gasteiger partial charge in [-0.05, 0) is 26.0 Å². The molecule has 1 aromatic carbocycles. The summed E-state index contributed by atoms with van der Waals surface area (Å²) in [6.07, 6.45) is -0.554. The van der Waals surface area contributed by atoms with Gasteiger partial charge in [-0.2, -0.15) is 0 Å². The molecule has 7 N–H and O–H groups in total. The van der Waals surface area contributed by atoms with E-state index in [-0.39, 0.29) is 66.3 Å². The smallest absolute Gasteiger partial charge is 0.350 e. The van der Waals surface area contributed by atoms with Gasteiger partial charge in [0.2, 0.25) is 16.4 Å². The van der Waals surface area contributed by atoms with E-state index >= 15 is 0 Å². The van der Waals surface area contributed by atoms with Crippen molar-refractivity contribution < 1.29 is 58.8 Å². The second kappa shape index (κ2) is 15.3. The summed E-state index contributed by atoms with van der Waals surface area (Å²) in [5, 5.41) is 44.8. The second-order valence-electron chi connectivity index (χ2n) is 12.9. The molecule has 53 heavy (non-hydrogen) atoms. The first kappa shape index (κ1) is 39.5. The number of phenols is 2. The Morgan fingerprint density at radius 1 is 1.21 bits per heavy atom. The number of urea groups is 1. The van der Waals surface area contributed by atoms with Crippen LogP contribution in [-0.2, 0) is 28.8 Å². The summed E-state index contributed by atoms with van der Waals surface area (Å²) in [5.41, 5.74) is 6.50. The van der Waals surface area contributed by atoms with Gasteiger partial charge >= 0.3 is 18.0 Å². The van der Waals surface area contributed by atoms with Crippen LogP contribution < -0.4 is 11.2 Å². The first-order valence-corrected chi connectivity index (χ1v) is 18.1. The molecule has 4 atom stereocenters. The number of rotatable bonds is 17. The monoisotopic (exact) mass is 797 g/mol. The number of ether oxygens (including phenoxy) is 1. The van der Waals surface area contributed by atoms with Crippen molar-refractivity contribution in [3.8, 4) is 11.5 Å². The van der Waals surface area contributed by atoms with Crippen molar-refractivity contribution in [1.82, 2.24) is 25.2 Å². The van der Waals surface area contributed by atoms with Crippen molar-refractivity contribution in [3.05, 3.63) is 33.8 Å². The van der Waals surface area contributed by atoms with Crippen LogP contribution in [0.15, 0.2) is 22.7 Å². The average Bonchev–Trinajstić information content (AvgIpc) is 3.80. The summed E-state index contributed by atoms with van der Waals surface area (Å²) < 4.78 is 5.25. The van der Waals surface area contributed by atoms with Crippen LogP contribution >= 0.6 is 34.7 Å². The number of carbonyl (C=O) groups excluding carboxylic acids is 4. The molecular formula is C31H36ClN7O12S2. The minimum absolute atomic E-state index is 0.0112. The highest BCUT2D eigenvalue weighted by Gasteiger charge is 2.66. The average molecular weight is 798 g/mol. The Balaban J connectivity index is 1.25. The molecule has 0 bridgehead atoms. The number of anilines is 1. The van der Waals surface area contributed by atoms with E-state index in [9.17, 15) is 49.2 Å². The van der Waals surface area contributed by atoms with Gasteiger partial charge in [0.25, 0.3) is 0 Å². The fourth-order valence-electron chi connectivity index (χ4n) is 5.91. The number of β-lactam (4-membered cyclic amide) rings is 1. The molecule has 3 aliphatic heterocycles. The summed E-state index contributed by atoms with van der Waals surface area (Å²) in [7, 11) is 1.43. The van der Waals surface area contributed by atoms with Gasteiger partial charge in [-0.25, -0.2) is 24.8 Å². The molecular weight excluding hydrogens is 762 g/mol. The van der Waals surface area contributed by atoms with E-state index in [1.807, 2.05) is 0 Å². The van der Waals surface area contributed by atoms with Crippen LogP contribution in [0.25, 0.3) is 0 Å². The van der Waals surface area contributed by atoms with Gasteiger partial charge < -0.3 is 40.6 Å². The molecule has 2 aromatic rings. The third kappa shape index (κ3) is 7.70. The lowest BCUT2D eigenvalue weighted by Crippen LogP contribution is -2.60. The number of nitrogens with one attached hydrogen (secondary N) is 1. The fourth-order valence-corrected chi connectivity index (χ4v) is 8.41. The molecule has 0 aliphatic carbocycles. The number of hydrogen-bond donors (Lipinski definition) is 6. The number of fused-ring (bicyclic) bond motifs is 1. The number of ketones is 2. The molecule has 2 unspecified atom stereocenters. The van der Waals surface area contributed by atoms with Gasteiger partial charge in [-0.1, -0.05) is 28.5 Å². The number of carboxylic acid groups (broad SMARTS) is 2. The van der Waals surface area contributed by atoms with Gasteiger partial charge in [-0.3, -0.25) is 24.3 Å². The molecule has 286 valence electrons. The van der Waals surface area contributed by atoms with Crippen LogP contribution in [-0.4, -0.2) is 137 Å². The number of phenolic OH excluding ortho intramolecular Hbond substituents is 2. The van der Waals surface area contributed by atoms with Crippen molar-refractivity contribution in [3.63, 3.8) is 0 Å². The number of nitrogens with zero attached hydrogens (tertiary/aromatic N) is 5. The fraction of sp³-hybridized carbons (Fsp3) is 0.484. The number of carbonyl (C=O) groups is 6. The third-order valence-electron chi connectivity index (χ3n) is 8.89. The van der Waals surface area contributed by atoms with Gasteiger partial charge in [0.1, 0.15) is 5.69 Å². The number of Topliss-reactive ketones (excluding diaryl/α,β-unsaturated/α-hetero) is 2. The number of amides is 3. The predicted octanol–water partition coefficient (Wildman–Crippen LogP) is 1.42. The van der Waals surface area contributed by atoms with Crippen molar-refractivity contribution in [1.29, 1.82) is 0 Å². The first-order chi connectivity index (χ1) is 24.9. The number of oxime groups is 1. The van der Waals surface area contributed by atoms with Crippen LogP contribution in [0.2, 0.25) is 5.02 Å². The summed E-state index contributed by atoms with van der Waals surface area (Å²) in [5.74, 6) is -7.01. The van der Waals surface area contributed by atoms with Gasteiger partial charge in [0.05, 0.1) is 36.0 Å². The number of thiazole rings is 1. The Bertz CT molecular complexity index is 1880. The second-order valence-corrected chi connectivity index (χ2v) is 15.6. The number of nitrogens with two attached hydrogens (primary N) is 1. The highest BCUT2D eigenvalue weighted by molar-refractivity contribution is 8.02. The summed E-state index contributed by atoms with van der Waals surface area (Å²) in [6, 6.07) is 1.72. The standard InChI is InChI=1S/C31H36ClN7O12S2/c1-30(2,26(45)46)51-36-22(17-12-52-28(33)35-17)20(42)9-16-24(44)37-13-31(27(47)48,53-25(16)37)38-6-7-39(29(38)49)34-10-14(11-50-3)8-19(41)15-4-5-18(40)23(43)21(15)32/h4-5,12,14,16,25,34,40,43H,6-11,13H2,1-3H3,(H2,33,35)(H,45,46)(H,47,48)/b36-22-/t14?,16?,25-,31-/m1/s1. The van der Waals surface area contributed by atoms with Gasteiger partial charge in [0, 0.05) is 49.9 Å². The number of benzene rings is 1. The highest BCUT2D eigenvalue weighted by Crippen LogP contribution is 2.53. The number of hydrazine groups is 1. The maximum absolute atomic E-state index is 13.7. The van der Waals surface area contributed by atoms with Crippen LogP contribution in [0.4, 0.5) is 9.93 Å². The molecule has 0 spiro atoms. The van der Waals surface area contributed by atoms with Crippen LogP contribution in [0.5, 0.6) is 11.5 Å². The zero-order valence-electron chi connectivity index (χ0n) is 28.5. The van der Waals surface area contributed by atoms with Crippen LogP contribution in [0.1, 0.15) is 42.7 Å². The zero-order valence-corrected chi connectivity index (χ0v) is 30.9. The number of hydrogen-bond acceptors (Lipinski definition) is 16. The predicted molar refractivity (Wildman–Crippen MR) is 188 cm³/mol. The van der Waals surface area contributed by atoms with Crippen molar-refractivity contribution in [2.45, 2.75) is 42.5 Å². The zero-order chi connectivity index (χ0) is 39.0.